The average Bonchev–Trinajstić information content (AvgIpc) is 2.61. The third-order valence-electron chi connectivity index (χ3n) is 6.31. The van der Waals surface area contributed by atoms with E-state index in [-0.39, 0.29) is 29.3 Å². The van der Waals surface area contributed by atoms with Crippen molar-refractivity contribution in [2.45, 2.75) is 83.7 Å². The molecule has 0 bridgehead atoms. The van der Waals surface area contributed by atoms with Gasteiger partial charge in [-0.15, -0.1) is 0 Å². The SMILES string of the molecule is CCCC1CC(=O)NC2CC(NC(=O)c3ccc(C(C)(C)C)cc3)CCC12. The number of carbonyl (C=O) groups excluding carboxylic acids is 2. The smallest absolute Gasteiger partial charge is 0.251 e. The van der Waals surface area contributed by atoms with Crippen LogP contribution in [0.1, 0.15) is 82.1 Å². The first-order valence-corrected chi connectivity index (χ1v) is 10.5. The van der Waals surface area contributed by atoms with Gasteiger partial charge in [-0.1, -0.05) is 46.2 Å². The van der Waals surface area contributed by atoms with E-state index in [0.29, 0.717) is 23.8 Å². The zero-order chi connectivity index (χ0) is 19.6. The number of hydrogen-bond acceptors (Lipinski definition) is 2. The number of carbonyl (C=O) groups is 2. The molecular weight excluding hydrogens is 336 g/mol. The summed E-state index contributed by atoms with van der Waals surface area (Å²) >= 11 is 0. The van der Waals surface area contributed by atoms with Gasteiger partial charge in [0.15, 0.2) is 0 Å². The lowest BCUT2D eigenvalue weighted by Crippen LogP contribution is -2.55. The highest BCUT2D eigenvalue weighted by Crippen LogP contribution is 2.37. The van der Waals surface area contributed by atoms with Gasteiger partial charge in [-0.25, -0.2) is 0 Å². The van der Waals surface area contributed by atoms with Crippen molar-refractivity contribution in [1.82, 2.24) is 10.6 Å². The number of amides is 2. The van der Waals surface area contributed by atoms with E-state index in [1.54, 1.807) is 0 Å². The topological polar surface area (TPSA) is 58.2 Å². The molecule has 4 nitrogen and oxygen atoms in total. The van der Waals surface area contributed by atoms with Crippen molar-refractivity contribution in [2.24, 2.45) is 11.8 Å². The summed E-state index contributed by atoms with van der Waals surface area (Å²) in [5, 5.41) is 6.38. The molecule has 1 aliphatic carbocycles. The summed E-state index contributed by atoms with van der Waals surface area (Å²) in [6.07, 6.45) is 5.87. The largest absolute Gasteiger partial charge is 0.353 e. The van der Waals surface area contributed by atoms with E-state index in [2.05, 4.69) is 38.3 Å². The number of piperidine rings is 1. The van der Waals surface area contributed by atoms with Gasteiger partial charge in [0.1, 0.15) is 0 Å². The Morgan fingerprint density at radius 2 is 1.89 bits per heavy atom. The molecule has 0 spiro atoms. The Morgan fingerprint density at radius 3 is 2.52 bits per heavy atom. The van der Waals surface area contributed by atoms with Crippen LogP contribution in [-0.4, -0.2) is 23.9 Å². The van der Waals surface area contributed by atoms with E-state index in [4.69, 9.17) is 0 Å². The number of nitrogens with one attached hydrogen (secondary N) is 2. The van der Waals surface area contributed by atoms with Crippen molar-refractivity contribution in [3.63, 3.8) is 0 Å². The number of rotatable bonds is 4. The molecule has 148 valence electrons. The summed E-state index contributed by atoms with van der Waals surface area (Å²) in [6, 6.07) is 8.28. The number of benzene rings is 1. The first-order chi connectivity index (χ1) is 12.8. The zero-order valence-electron chi connectivity index (χ0n) is 17.2. The van der Waals surface area contributed by atoms with Crippen LogP contribution in [0.2, 0.25) is 0 Å². The molecule has 1 aromatic carbocycles. The van der Waals surface area contributed by atoms with Crippen LogP contribution in [0.15, 0.2) is 24.3 Å². The maximum absolute atomic E-state index is 12.7. The van der Waals surface area contributed by atoms with Gasteiger partial charge < -0.3 is 10.6 Å². The highest BCUT2D eigenvalue weighted by Gasteiger charge is 2.40. The van der Waals surface area contributed by atoms with Gasteiger partial charge in [-0.2, -0.15) is 0 Å². The molecular formula is C23H34N2O2. The Balaban J connectivity index is 1.60. The molecule has 4 unspecified atom stereocenters. The van der Waals surface area contributed by atoms with E-state index in [1.165, 1.54) is 5.56 Å². The van der Waals surface area contributed by atoms with Crippen molar-refractivity contribution in [2.75, 3.05) is 0 Å². The maximum Gasteiger partial charge on any atom is 0.251 e. The van der Waals surface area contributed by atoms with Gasteiger partial charge >= 0.3 is 0 Å². The molecule has 3 rings (SSSR count). The summed E-state index contributed by atoms with van der Waals surface area (Å²) in [5.41, 5.74) is 2.02. The lowest BCUT2D eigenvalue weighted by molar-refractivity contribution is -0.127. The van der Waals surface area contributed by atoms with E-state index in [1.807, 2.05) is 24.3 Å². The van der Waals surface area contributed by atoms with Gasteiger partial charge in [0, 0.05) is 24.1 Å². The third-order valence-corrected chi connectivity index (χ3v) is 6.31. The summed E-state index contributed by atoms with van der Waals surface area (Å²) in [5.74, 6) is 1.25. The lowest BCUT2D eigenvalue weighted by Gasteiger charge is -2.44. The van der Waals surface area contributed by atoms with E-state index >= 15 is 0 Å². The third kappa shape index (κ3) is 4.72. The van der Waals surface area contributed by atoms with Crippen LogP contribution < -0.4 is 10.6 Å². The second kappa shape index (κ2) is 8.04. The van der Waals surface area contributed by atoms with Crippen LogP contribution in [0.3, 0.4) is 0 Å². The zero-order valence-corrected chi connectivity index (χ0v) is 17.2. The van der Waals surface area contributed by atoms with Gasteiger partial charge in [-0.3, -0.25) is 9.59 Å². The Hall–Kier alpha value is -1.84. The molecule has 4 heteroatoms. The Kier molecular flexibility index (Phi) is 5.92. The highest BCUT2D eigenvalue weighted by atomic mass is 16.2. The second-order valence-corrected chi connectivity index (χ2v) is 9.40. The molecule has 1 aliphatic heterocycles. The molecule has 2 aliphatic rings. The Labute approximate surface area is 163 Å². The monoisotopic (exact) mass is 370 g/mol. The molecule has 1 aromatic rings. The molecule has 0 radical (unpaired) electrons. The minimum absolute atomic E-state index is 0.00819. The standard InChI is InChI=1S/C23H34N2O2/c1-5-6-16-13-21(26)25-20-14-18(11-12-19(16)20)24-22(27)15-7-9-17(10-8-15)23(2,3)4/h7-10,16,18-20H,5-6,11-14H2,1-4H3,(H,24,27)(H,25,26). The van der Waals surface area contributed by atoms with Crippen molar-refractivity contribution in [3.05, 3.63) is 35.4 Å². The lowest BCUT2D eigenvalue weighted by atomic mass is 9.70. The molecule has 4 atom stereocenters. The second-order valence-electron chi connectivity index (χ2n) is 9.40. The normalized spacial score (nSPS) is 28.2. The number of hydrogen-bond donors (Lipinski definition) is 2. The summed E-state index contributed by atoms with van der Waals surface area (Å²) in [4.78, 5) is 24.7. The molecule has 27 heavy (non-hydrogen) atoms. The van der Waals surface area contributed by atoms with Crippen molar-refractivity contribution in [3.8, 4) is 0 Å². The van der Waals surface area contributed by atoms with Crippen LogP contribution in [0, 0.1) is 11.8 Å². The van der Waals surface area contributed by atoms with Crippen LogP contribution in [0.25, 0.3) is 0 Å². The first kappa shape index (κ1) is 19.9. The minimum atomic E-state index is -0.00819. The van der Waals surface area contributed by atoms with Gasteiger partial charge in [0.05, 0.1) is 0 Å². The molecule has 2 N–H and O–H groups in total. The fraction of sp³-hybridized carbons (Fsp3) is 0.652. The van der Waals surface area contributed by atoms with Gasteiger partial charge in [0.25, 0.3) is 5.91 Å². The van der Waals surface area contributed by atoms with Crippen molar-refractivity contribution < 1.29 is 9.59 Å². The first-order valence-electron chi connectivity index (χ1n) is 10.5. The molecule has 1 heterocycles. The predicted octanol–water partition coefficient (Wildman–Crippen LogP) is 4.19. The van der Waals surface area contributed by atoms with Crippen LogP contribution in [0.5, 0.6) is 0 Å². The van der Waals surface area contributed by atoms with Crippen molar-refractivity contribution in [1.29, 1.82) is 0 Å². The Bertz CT molecular complexity index is 675. The summed E-state index contributed by atoms with van der Waals surface area (Å²) in [7, 11) is 0. The minimum Gasteiger partial charge on any atom is -0.353 e. The molecule has 0 aromatic heterocycles. The molecule has 1 saturated heterocycles. The fourth-order valence-corrected chi connectivity index (χ4v) is 4.79. The van der Waals surface area contributed by atoms with Gasteiger partial charge in [0.2, 0.25) is 5.91 Å². The van der Waals surface area contributed by atoms with Crippen molar-refractivity contribution >= 4 is 11.8 Å². The molecule has 2 fully saturated rings. The van der Waals surface area contributed by atoms with Crippen LogP contribution >= 0.6 is 0 Å². The predicted molar refractivity (Wildman–Crippen MR) is 109 cm³/mol. The van der Waals surface area contributed by atoms with E-state index < -0.39 is 0 Å². The van der Waals surface area contributed by atoms with Crippen LogP contribution in [-0.2, 0) is 10.2 Å². The molecule has 2 amide bonds. The maximum atomic E-state index is 12.7. The highest BCUT2D eigenvalue weighted by molar-refractivity contribution is 5.94. The quantitative estimate of drug-likeness (QED) is 0.835. The number of fused-ring (bicyclic) bond motifs is 1. The Morgan fingerprint density at radius 1 is 1.19 bits per heavy atom. The van der Waals surface area contributed by atoms with Gasteiger partial charge in [-0.05, 0) is 60.6 Å². The fourth-order valence-electron chi connectivity index (χ4n) is 4.79. The summed E-state index contributed by atoms with van der Waals surface area (Å²) < 4.78 is 0. The molecule has 1 saturated carbocycles. The van der Waals surface area contributed by atoms with E-state index in [9.17, 15) is 9.59 Å². The van der Waals surface area contributed by atoms with E-state index in [0.717, 1.165) is 32.1 Å². The summed E-state index contributed by atoms with van der Waals surface area (Å²) in [6.45, 7) is 8.71. The average molecular weight is 371 g/mol. The van der Waals surface area contributed by atoms with Crippen LogP contribution in [0.4, 0.5) is 0 Å².